The van der Waals surface area contributed by atoms with Gasteiger partial charge >= 0.3 is 17.6 Å². The first-order chi connectivity index (χ1) is 18.5. The number of alkyl halides is 3. The molecule has 39 heavy (non-hydrogen) atoms. The maximum atomic E-state index is 13.6. The lowest BCUT2D eigenvalue weighted by atomic mass is 10.1. The fourth-order valence-electron chi connectivity index (χ4n) is 4.10. The lowest BCUT2D eigenvalue weighted by molar-refractivity contribution is -0.137. The molecule has 0 saturated heterocycles. The molecule has 15 heteroatoms. The number of nitrogens with zero attached hydrogens (tertiary/aromatic N) is 8. The number of hydrogen-bond donors (Lipinski definition) is 1. The Morgan fingerprint density at radius 1 is 1.05 bits per heavy atom. The van der Waals surface area contributed by atoms with Gasteiger partial charge in [0.2, 0.25) is 5.95 Å². The summed E-state index contributed by atoms with van der Waals surface area (Å²) < 4.78 is 44.4. The summed E-state index contributed by atoms with van der Waals surface area (Å²) in [6.45, 7) is 1.97. The molecule has 5 aromatic rings. The first kappa shape index (κ1) is 26.2. The van der Waals surface area contributed by atoms with Crippen LogP contribution in [0.5, 0.6) is 0 Å². The smallest absolute Gasteiger partial charge is 0.324 e. The number of nitrogens with one attached hydrogen (secondary N) is 1. The molecule has 0 unspecified atom stereocenters. The SMILES string of the molecule is CCn1nncc1Cn1c(=O)nc(Nc2cc3cn(C)nc3cc2Cl)n(Cc2ccc(C(F)(F)F)cc2)c1=O. The molecular weight excluding hydrogens is 539 g/mol. The van der Waals surface area contributed by atoms with Gasteiger partial charge in [-0.15, -0.1) is 5.10 Å². The van der Waals surface area contributed by atoms with Crippen molar-refractivity contribution in [3.05, 3.63) is 91.6 Å². The van der Waals surface area contributed by atoms with Gasteiger partial charge in [0.1, 0.15) is 0 Å². The highest BCUT2D eigenvalue weighted by molar-refractivity contribution is 6.34. The normalized spacial score (nSPS) is 11.8. The molecule has 0 fully saturated rings. The largest absolute Gasteiger partial charge is 0.416 e. The predicted molar refractivity (Wildman–Crippen MR) is 137 cm³/mol. The van der Waals surface area contributed by atoms with E-state index in [1.165, 1.54) is 23.0 Å². The predicted octanol–water partition coefficient (Wildman–Crippen LogP) is 3.42. The van der Waals surface area contributed by atoms with E-state index in [1.807, 2.05) is 6.92 Å². The topological polar surface area (TPSA) is 117 Å². The Morgan fingerprint density at radius 2 is 1.79 bits per heavy atom. The van der Waals surface area contributed by atoms with Crippen LogP contribution in [-0.2, 0) is 32.9 Å². The quantitative estimate of drug-likeness (QED) is 0.325. The molecule has 0 radical (unpaired) electrons. The average molecular weight is 560 g/mol. The summed E-state index contributed by atoms with van der Waals surface area (Å²) >= 11 is 6.44. The Labute approximate surface area is 223 Å². The van der Waals surface area contributed by atoms with Crippen molar-refractivity contribution in [1.29, 1.82) is 0 Å². The van der Waals surface area contributed by atoms with E-state index in [0.29, 0.717) is 29.0 Å². The number of aryl methyl sites for hydroxylation is 2. The van der Waals surface area contributed by atoms with Crippen LogP contribution in [0.25, 0.3) is 10.9 Å². The molecule has 0 aliphatic heterocycles. The Kier molecular flexibility index (Phi) is 6.72. The first-order valence-corrected chi connectivity index (χ1v) is 12.1. The van der Waals surface area contributed by atoms with Gasteiger partial charge in [0.15, 0.2) is 0 Å². The van der Waals surface area contributed by atoms with E-state index in [9.17, 15) is 22.8 Å². The zero-order valence-corrected chi connectivity index (χ0v) is 21.4. The van der Waals surface area contributed by atoms with Gasteiger partial charge in [-0.1, -0.05) is 28.9 Å². The fourth-order valence-corrected chi connectivity index (χ4v) is 4.31. The number of benzene rings is 2. The van der Waals surface area contributed by atoms with Crippen molar-refractivity contribution in [3.63, 3.8) is 0 Å². The van der Waals surface area contributed by atoms with Crippen LogP contribution in [0, 0.1) is 0 Å². The summed E-state index contributed by atoms with van der Waals surface area (Å²) in [5.41, 5.74) is -0.514. The van der Waals surface area contributed by atoms with Crippen LogP contribution < -0.4 is 16.7 Å². The molecule has 5 rings (SSSR count). The van der Waals surface area contributed by atoms with Crippen LogP contribution in [0.15, 0.2) is 58.4 Å². The first-order valence-electron chi connectivity index (χ1n) is 11.7. The standard InChI is InChI=1S/C24H21ClF3N9O2/c1-3-37-17(10-29-33-37)13-36-22(38)31-21(30-20-8-15-12-34(2)32-19(15)9-18(20)25)35(23(36)39)11-14-4-6-16(7-5-14)24(26,27)28/h4-10,12H,3,11,13H2,1-2H3,(H,30,31,38). The van der Waals surface area contributed by atoms with Gasteiger partial charge in [-0.2, -0.15) is 23.3 Å². The second kappa shape index (κ2) is 10.0. The molecular formula is C24H21ClF3N9O2. The van der Waals surface area contributed by atoms with E-state index in [-0.39, 0.29) is 24.1 Å². The molecule has 0 atom stereocenters. The number of hydrogen-bond acceptors (Lipinski definition) is 7. The second-order valence-electron chi connectivity index (χ2n) is 8.73. The molecule has 0 spiro atoms. The van der Waals surface area contributed by atoms with Crippen molar-refractivity contribution in [1.82, 2.24) is 38.9 Å². The minimum absolute atomic E-state index is 0.131. The highest BCUT2D eigenvalue weighted by Gasteiger charge is 2.30. The number of fused-ring (bicyclic) bond motifs is 1. The van der Waals surface area contributed by atoms with Crippen LogP contribution >= 0.6 is 11.6 Å². The van der Waals surface area contributed by atoms with E-state index < -0.39 is 23.1 Å². The molecule has 0 amide bonds. The van der Waals surface area contributed by atoms with Crippen LogP contribution in [0.2, 0.25) is 5.02 Å². The van der Waals surface area contributed by atoms with E-state index in [0.717, 1.165) is 26.7 Å². The second-order valence-corrected chi connectivity index (χ2v) is 9.13. The van der Waals surface area contributed by atoms with Crippen molar-refractivity contribution in [3.8, 4) is 0 Å². The molecule has 0 bridgehead atoms. The van der Waals surface area contributed by atoms with Gasteiger partial charge in [0.25, 0.3) is 0 Å². The van der Waals surface area contributed by atoms with Gasteiger partial charge < -0.3 is 5.32 Å². The van der Waals surface area contributed by atoms with Crippen molar-refractivity contribution in [2.75, 3.05) is 5.32 Å². The zero-order valence-electron chi connectivity index (χ0n) is 20.6. The summed E-state index contributed by atoms with van der Waals surface area (Å²) in [7, 11) is 1.75. The number of anilines is 2. The Hall–Kier alpha value is -4.46. The van der Waals surface area contributed by atoms with E-state index in [2.05, 4.69) is 25.7 Å². The van der Waals surface area contributed by atoms with Crippen LogP contribution in [0.3, 0.4) is 0 Å². The third kappa shape index (κ3) is 5.27. The van der Waals surface area contributed by atoms with E-state index >= 15 is 0 Å². The molecule has 0 aliphatic rings. The lowest BCUT2D eigenvalue weighted by Gasteiger charge is -2.17. The summed E-state index contributed by atoms with van der Waals surface area (Å²) in [6, 6.07) is 7.69. The monoisotopic (exact) mass is 559 g/mol. The molecule has 11 nitrogen and oxygen atoms in total. The van der Waals surface area contributed by atoms with Crippen molar-refractivity contribution >= 4 is 34.1 Å². The van der Waals surface area contributed by atoms with Crippen molar-refractivity contribution in [2.45, 2.75) is 32.7 Å². The van der Waals surface area contributed by atoms with Crippen LogP contribution in [-0.4, -0.2) is 38.9 Å². The van der Waals surface area contributed by atoms with Gasteiger partial charge in [0, 0.05) is 25.2 Å². The number of halogens is 4. The number of aromatic nitrogens is 8. The maximum Gasteiger partial charge on any atom is 0.416 e. The molecule has 202 valence electrons. The average Bonchev–Trinajstić information content (AvgIpc) is 3.48. The van der Waals surface area contributed by atoms with E-state index in [4.69, 9.17) is 11.6 Å². The Balaban J connectivity index is 1.60. The van der Waals surface area contributed by atoms with Crippen LogP contribution in [0.1, 0.15) is 23.7 Å². The molecule has 3 heterocycles. The van der Waals surface area contributed by atoms with Crippen LogP contribution in [0.4, 0.5) is 24.8 Å². The third-order valence-electron chi connectivity index (χ3n) is 6.04. The molecule has 0 saturated carbocycles. The maximum absolute atomic E-state index is 13.6. The zero-order chi connectivity index (χ0) is 27.9. The minimum Gasteiger partial charge on any atom is -0.324 e. The highest BCUT2D eigenvalue weighted by atomic mass is 35.5. The molecule has 1 N–H and O–H groups in total. The van der Waals surface area contributed by atoms with Gasteiger partial charge in [-0.3, -0.25) is 9.25 Å². The highest BCUT2D eigenvalue weighted by Crippen LogP contribution is 2.30. The summed E-state index contributed by atoms with van der Waals surface area (Å²) in [5, 5.41) is 16.0. The van der Waals surface area contributed by atoms with Gasteiger partial charge in [-0.25, -0.2) is 18.8 Å². The summed E-state index contributed by atoms with van der Waals surface area (Å²) in [5.74, 6) is -0.131. The molecule has 2 aromatic carbocycles. The van der Waals surface area contributed by atoms with Gasteiger partial charge in [-0.05, 0) is 36.8 Å². The van der Waals surface area contributed by atoms with Crippen molar-refractivity contribution < 1.29 is 13.2 Å². The molecule has 0 aliphatic carbocycles. The third-order valence-corrected chi connectivity index (χ3v) is 6.36. The number of rotatable bonds is 7. The van der Waals surface area contributed by atoms with Crippen molar-refractivity contribution in [2.24, 2.45) is 7.05 Å². The summed E-state index contributed by atoms with van der Waals surface area (Å²) in [4.78, 5) is 30.7. The van der Waals surface area contributed by atoms with E-state index in [1.54, 1.807) is 30.1 Å². The van der Waals surface area contributed by atoms with Gasteiger partial charge in [0.05, 0.1) is 46.8 Å². The summed E-state index contributed by atoms with van der Waals surface area (Å²) in [6.07, 6.45) is -1.30. The Bertz CT molecular complexity index is 1790. The minimum atomic E-state index is -4.51. The molecule has 3 aromatic heterocycles. The Morgan fingerprint density at radius 3 is 2.49 bits per heavy atom. The lowest BCUT2D eigenvalue weighted by Crippen LogP contribution is -2.43. The fraction of sp³-hybridized carbons (Fsp3) is 0.250.